The first-order valence-electron chi connectivity index (χ1n) is 7.78. The molecule has 9 heteroatoms. The van der Waals surface area contributed by atoms with Gasteiger partial charge in [-0.2, -0.15) is 13.2 Å². The van der Waals surface area contributed by atoms with Gasteiger partial charge in [-0.3, -0.25) is 9.79 Å². The topological polar surface area (TPSA) is 78.7 Å². The molecule has 0 spiro atoms. The molecule has 0 saturated carbocycles. The minimum atomic E-state index is -4.39. The van der Waals surface area contributed by atoms with Crippen LogP contribution in [0.25, 0.3) is 0 Å². The van der Waals surface area contributed by atoms with Gasteiger partial charge in [0.1, 0.15) is 5.76 Å². The lowest BCUT2D eigenvalue weighted by Crippen LogP contribution is -2.42. The molecule has 0 saturated heterocycles. The van der Waals surface area contributed by atoms with Crippen LogP contribution in [0.2, 0.25) is 0 Å². The standard InChI is InChI=1S/C17H19F3N4O2/c1-21-16(24-11-15(25)22-10-14-6-3-7-26-14)23-9-12-4-2-5-13(8-12)17(18,19)20/h2-8H,9-11H2,1H3,(H,22,25)(H2,21,23,24). The van der Waals surface area contributed by atoms with Gasteiger partial charge in [0.25, 0.3) is 0 Å². The average molecular weight is 368 g/mol. The predicted octanol–water partition coefficient (Wildman–Crippen LogP) is 2.28. The van der Waals surface area contributed by atoms with E-state index in [1.165, 1.54) is 19.4 Å². The maximum atomic E-state index is 12.7. The lowest BCUT2D eigenvalue weighted by Gasteiger charge is -2.13. The van der Waals surface area contributed by atoms with Gasteiger partial charge < -0.3 is 20.4 Å². The molecule has 0 atom stereocenters. The van der Waals surface area contributed by atoms with Gasteiger partial charge in [0.2, 0.25) is 5.91 Å². The summed E-state index contributed by atoms with van der Waals surface area (Å²) in [5, 5.41) is 8.31. The molecule has 1 amide bonds. The Morgan fingerprint density at radius 3 is 2.58 bits per heavy atom. The van der Waals surface area contributed by atoms with Crippen LogP contribution in [0.15, 0.2) is 52.1 Å². The summed E-state index contributed by atoms with van der Waals surface area (Å²) in [6.45, 7) is 0.365. The molecule has 0 fully saturated rings. The second-order valence-corrected chi connectivity index (χ2v) is 5.33. The summed E-state index contributed by atoms with van der Waals surface area (Å²) in [7, 11) is 1.50. The number of halogens is 3. The van der Waals surface area contributed by atoms with Crippen LogP contribution in [0, 0.1) is 0 Å². The number of hydrogen-bond donors (Lipinski definition) is 3. The number of aliphatic imine (C=N–C) groups is 1. The Morgan fingerprint density at radius 2 is 1.92 bits per heavy atom. The normalized spacial score (nSPS) is 11.9. The molecule has 0 aliphatic rings. The Labute approximate surface area is 148 Å². The van der Waals surface area contributed by atoms with Gasteiger partial charge in [0.05, 0.1) is 24.9 Å². The van der Waals surface area contributed by atoms with E-state index in [4.69, 9.17) is 4.42 Å². The molecule has 0 unspecified atom stereocenters. The molecule has 0 bridgehead atoms. The summed E-state index contributed by atoms with van der Waals surface area (Å²) < 4.78 is 43.2. The Bertz CT molecular complexity index is 743. The number of nitrogens with zero attached hydrogens (tertiary/aromatic N) is 1. The minimum absolute atomic E-state index is 0.0387. The lowest BCUT2D eigenvalue weighted by molar-refractivity contribution is -0.137. The molecule has 26 heavy (non-hydrogen) atoms. The van der Waals surface area contributed by atoms with Crippen LogP contribution in [-0.4, -0.2) is 25.5 Å². The second-order valence-electron chi connectivity index (χ2n) is 5.33. The number of carbonyl (C=O) groups is 1. The first kappa shape index (κ1) is 19.4. The largest absolute Gasteiger partial charge is 0.467 e. The summed E-state index contributed by atoms with van der Waals surface area (Å²) >= 11 is 0. The smallest absolute Gasteiger partial charge is 0.416 e. The van der Waals surface area contributed by atoms with E-state index >= 15 is 0 Å². The number of nitrogens with one attached hydrogen (secondary N) is 3. The number of benzene rings is 1. The zero-order valence-corrected chi connectivity index (χ0v) is 14.1. The van der Waals surface area contributed by atoms with Gasteiger partial charge in [-0.15, -0.1) is 0 Å². The molecule has 6 nitrogen and oxygen atoms in total. The number of alkyl halides is 3. The third-order valence-electron chi connectivity index (χ3n) is 3.39. The van der Waals surface area contributed by atoms with Gasteiger partial charge in [-0.05, 0) is 29.8 Å². The fourth-order valence-electron chi connectivity index (χ4n) is 2.09. The third-order valence-corrected chi connectivity index (χ3v) is 3.39. The molecule has 140 valence electrons. The van der Waals surface area contributed by atoms with E-state index < -0.39 is 11.7 Å². The molecule has 1 heterocycles. The van der Waals surface area contributed by atoms with Crippen molar-refractivity contribution in [2.45, 2.75) is 19.3 Å². The average Bonchev–Trinajstić information content (AvgIpc) is 3.13. The summed E-state index contributed by atoms with van der Waals surface area (Å²) in [5.74, 6) is 0.657. The fraction of sp³-hybridized carbons (Fsp3) is 0.294. The molecule has 2 aromatic rings. The van der Waals surface area contributed by atoms with Crippen molar-refractivity contribution >= 4 is 11.9 Å². The summed E-state index contributed by atoms with van der Waals surface area (Å²) in [6, 6.07) is 8.46. The highest BCUT2D eigenvalue weighted by Gasteiger charge is 2.30. The van der Waals surface area contributed by atoms with Gasteiger partial charge >= 0.3 is 6.18 Å². The van der Waals surface area contributed by atoms with Crippen LogP contribution in [0.3, 0.4) is 0 Å². The number of furan rings is 1. The van der Waals surface area contributed by atoms with Crippen LogP contribution in [0.1, 0.15) is 16.9 Å². The Morgan fingerprint density at radius 1 is 1.12 bits per heavy atom. The zero-order valence-electron chi connectivity index (χ0n) is 14.1. The SMILES string of the molecule is CN=C(NCC(=O)NCc1ccco1)NCc1cccc(C(F)(F)F)c1. The predicted molar refractivity (Wildman–Crippen MR) is 90.2 cm³/mol. The third kappa shape index (κ3) is 6.15. The van der Waals surface area contributed by atoms with Crippen molar-refractivity contribution in [2.24, 2.45) is 4.99 Å². The van der Waals surface area contributed by atoms with Crippen molar-refractivity contribution in [2.75, 3.05) is 13.6 Å². The van der Waals surface area contributed by atoms with Crippen LogP contribution in [0.4, 0.5) is 13.2 Å². The molecule has 1 aromatic carbocycles. The van der Waals surface area contributed by atoms with E-state index in [9.17, 15) is 18.0 Å². The molecule has 0 aliphatic carbocycles. The van der Waals surface area contributed by atoms with Crippen molar-refractivity contribution in [1.29, 1.82) is 0 Å². The molecule has 3 N–H and O–H groups in total. The Kier molecular flexibility index (Phi) is 6.65. The Balaban J connectivity index is 1.78. The first-order chi connectivity index (χ1) is 12.4. The van der Waals surface area contributed by atoms with Crippen molar-refractivity contribution in [3.05, 3.63) is 59.5 Å². The number of carbonyl (C=O) groups excluding carboxylic acids is 1. The number of hydrogen-bond acceptors (Lipinski definition) is 3. The summed E-state index contributed by atoms with van der Waals surface area (Å²) in [4.78, 5) is 15.7. The maximum absolute atomic E-state index is 12.7. The first-order valence-corrected chi connectivity index (χ1v) is 7.78. The van der Waals surface area contributed by atoms with Crippen LogP contribution < -0.4 is 16.0 Å². The molecule has 2 rings (SSSR count). The highest BCUT2D eigenvalue weighted by atomic mass is 19.4. The molecule has 0 aliphatic heterocycles. The zero-order chi connectivity index (χ0) is 19.0. The van der Waals surface area contributed by atoms with Crippen molar-refractivity contribution in [3.8, 4) is 0 Å². The van der Waals surface area contributed by atoms with Gasteiger partial charge in [0.15, 0.2) is 5.96 Å². The lowest BCUT2D eigenvalue weighted by atomic mass is 10.1. The van der Waals surface area contributed by atoms with E-state index in [1.54, 1.807) is 18.2 Å². The van der Waals surface area contributed by atoms with Gasteiger partial charge in [-0.1, -0.05) is 12.1 Å². The summed E-state index contributed by atoms with van der Waals surface area (Å²) in [6.07, 6.45) is -2.87. The summed E-state index contributed by atoms with van der Waals surface area (Å²) in [5.41, 5.74) is -0.262. The van der Waals surface area contributed by atoms with Crippen LogP contribution in [0.5, 0.6) is 0 Å². The van der Waals surface area contributed by atoms with E-state index in [-0.39, 0.29) is 25.5 Å². The second kappa shape index (κ2) is 8.93. The molecular formula is C17H19F3N4O2. The van der Waals surface area contributed by atoms with Crippen molar-refractivity contribution in [1.82, 2.24) is 16.0 Å². The van der Waals surface area contributed by atoms with Crippen LogP contribution >= 0.6 is 0 Å². The van der Waals surface area contributed by atoms with Crippen LogP contribution in [-0.2, 0) is 24.1 Å². The number of rotatable bonds is 6. The highest BCUT2D eigenvalue weighted by Crippen LogP contribution is 2.29. The monoisotopic (exact) mass is 368 g/mol. The quantitative estimate of drug-likeness (QED) is 0.540. The van der Waals surface area contributed by atoms with E-state index in [2.05, 4.69) is 20.9 Å². The van der Waals surface area contributed by atoms with E-state index in [0.717, 1.165) is 12.1 Å². The maximum Gasteiger partial charge on any atom is 0.416 e. The number of guanidine groups is 1. The molecular weight excluding hydrogens is 349 g/mol. The van der Waals surface area contributed by atoms with Crippen molar-refractivity contribution in [3.63, 3.8) is 0 Å². The van der Waals surface area contributed by atoms with E-state index in [0.29, 0.717) is 17.3 Å². The van der Waals surface area contributed by atoms with Gasteiger partial charge in [-0.25, -0.2) is 0 Å². The number of amides is 1. The highest BCUT2D eigenvalue weighted by molar-refractivity contribution is 5.86. The fourth-order valence-corrected chi connectivity index (χ4v) is 2.09. The Hall–Kier alpha value is -2.97. The minimum Gasteiger partial charge on any atom is -0.467 e. The molecule has 0 radical (unpaired) electrons. The van der Waals surface area contributed by atoms with E-state index in [1.807, 2.05) is 0 Å². The van der Waals surface area contributed by atoms with Crippen molar-refractivity contribution < 1.29 is 22.4 Å². The molecule has 1 aromatic heterocycles. The van der Waals surface area contributed by atoms with Gasteiger partial charge in [0, 0.05) is 13.6 Å².